The summed E-state index contributed by atoms with van der Waals surface area (Å²) in [5.41, 5.74) is -0.281. The van der Waals surface area contributed by atoms with Crippen LogP contribution in [0.15, 0.2) is 11.1 Å². The molecule has 1 aromatic heterocycles. The van der Waals surface area contributed by atoms with E-state index in [9.17, 15) is 9.59 Å². The van der Waals surface area contributed by atoms with Crippen LogP contribution >= 0.6 is 0 Å². The van der Waals surface area contributed by atoms with Crippen LogP contribution in [-0.4, -0.2) is 26.8 Å². The predicted octanol–water partition coefficient (Wildman–Crippen LogP) is -0.892. The first-order valence-electron chi connectivity index (χ1n) is 4.50. The molecular weight excluding hydrogens is 184 g/mol. The Morgan fingerprint density at radius 1 is 1.64 bits per heavy atom. The van der Waals surface area contributed by atoms with Gasteiger partial charge in [-0.05, 0) is 6.42 Å². The van der Waals surface area contributed by atoms with Crippen LogP contribution in [0.4, 0.5) is 0 Å². The smallest absolute Gasteiger partial charge is 0.345 e. The molecule has 0 bridgehead atoms. The molecule has 0 aliphatic carbocycles. The van der Waals surface area contributed by atoms with Crippen LogP contribution in [0, 0.1) is 0 Å². The summed E-state index contributed by atoms with van der Waals surface area (Å²) < 4.78 is 2.46. The quantitative estimate of drug-likeness (QED) is 0.682. The molecule has 0 unspecified atom stereocenters. The van der Waals surface area contributed by atoms with Crippen LogP contribution in [-0.2, 0) is 18.4 Å². The number of carbonyl (C=O) groups excluding carboxylic acids is 1. The third kappa shape index (κ3) is 2.45. The van der Waals surface area contributed by atoms with E-state index in [-0.39, 0.29) is 18.1 Å². The molecule has 1 heterocycles. The number of amides is 1. The molecule has 1 N–H and O–H groups in total. The summed E-state index contributed by atoms with van der Waals surface area (Å²) in [6.07, 6.45) is 2.26. The molecule has 0 saturated carbocycles. The third-order valence-electron chi connectivity index (χ3n) is 1.75. The molecule has 1 aromatic rings. The molecule has 0 atom stereocenters. The molecular formula is C8H14N4O2. The first-order chi connectivity index (χ1) is 6.65. The van der Waals surface area contributed by atoms with Crippen LogP contribution in [0.1, 0.15) is 13.3 Å². The summed E-state index contributed by atoms with van der Waals surface area (Å²) in [4.78, 5) is 22.5. The topological polar surface area (TPSA) is 68.9 Å². The van der Waals surface area contributed by atoms with Gasteiger partial charge in [0.1, 0.15) is 12.9 Å². The number of nitrogens with zero attached hydrogens (tertiary/aromatic N) is 3. The molecule has 14 heavy (non-hydrogen) atoms. The lowest BCUT2D eigenvalue weighted by molar-refractivity contribution is -0.121. The van der Waals surface area contributed by atoms with E-state index in [1.165, 1.54) is 10.9 Å². The van der Waals surface area contributed by atoms with Crippen LogP contribution in [0.2, 0.25) is 0 Å². The number of nitrogens with one attached hydrogen (secondary N) is 1. The molecule has 6 nitrogen and oxygen atoms in total. The fourth-order valence-corrected chi connectivity index (χ4v) is 0.985. The molecule has 0 aliphatic heterocycles. The number of aromatic nitrogens is 3. The molecule has 78 valence electrons. The summed E-state index contributed by atoms with van der Waals surface area (Å²) in [5, 5.41) is 6.44. The molecule has 6 heteroatoms. The fraction of sp³-hybridized carbons (Fsp3) is 0.625. The molecule has 0 saturated heterocycles. The fourth-order valence-electron chi connectivity index (χ4n) is 0.985. The van der Waals surface area contributed by atoms with E-state index in [2.05, 4.69) is 10.4 Å². The Bertz CT molecular complexity index is 366. The number of carbonyl (C=O) groups is 1. The van der Waals surface area contributed by atoms with Crippen molar-refractivity contribution in [3.63, 3.8) is 0 Å². The molecule has 0 aromatic carbocycles. The van der Waals surface area contributed by atoms with Gasteiger partial charge in [0.05, 0.1) is 0 Å². The van der Waals surface area contributed by atoms with Gasteiger partial charge in [-0.25, -0.2) is 9.48 Å². The highest BCUT2D eigenvalue weighted by Crippen LogP contribution is 1.78. The van der Waals surface area contributed by atoms with Gasteiger partial charge in [0, 0.05) is 13.6 Å². The van der Waals surface area contributed by atoms with Crippen molar-refractivity contribution in [3.8, 4) is 0 Å². The second kappa shape index (κ2) is 4.59. The standard InChI is InChI=1S/C8H14N4O2/c1-3-4-9-7(13)5-12-8(14)11(2)6-10-12/h6H,3-5H2,1-2H3,(H,9,13). The third-order valence-corrected chi connectivity index (χ3v) is 1.75. The van der Waals surface area contributed by atoms with Crippen molar-refractivity contribution in [3.05, 3.63) is 16.8 Å². The predicted molar refractivity (Wildman–Crippen MR) is 50.8 cm³/mol. The maximum Gasteiger partial charge on any atom is 0.345 e. The molecule has 0 radical (unpaired) electrons. The monoisotopic (exact) mass is 198 g/mol. The highest BCUT2D eigenvalue weighted by atomic mass is 16.2. The van der Waals surface area contributed by atoms with E-state index >= 15 is 0 Å². The van der Waals surface area contributed by atoms with Crippen molar-refractivity contribution in [2.75, 3.05) is 6.54 Å². The van der Waals surface area contributed by atoms with Crippen molar-refractivity contribution in [1.29, 1.82) is 0 Å². The Morgan fingerprint density at radius 3 is 2.86 bits per heavy atom. The van der Waals surface area contributed by atoms with E-state index in [0.717, 1.165) is 11.1 Å². The molecule has 1 amide bonds. The van der Waals surface area contributed by atoms with Gasteiger partial charge in [-0.2, -0.15) is 5.10 Å². The number of rotatable bonds is 4. The highest BCUT2D eigenvalue weighted by molar-refractivity contribution is 5.75. The first kappa shape index (κ1) is 10.5. The average Bonchev–Trinajstić information content (AvgIpc) is 2.46. The zero-order chi connectivity index (χ0) is 10.6. The normalized spacial score (nSPS) is 10.1. The van der Waals surface area contributed by atoms with Gasteiger partial charge in [-0.3, -0.25) is 9.36 Å². The molecule has 0 fully saturated rings. The number of hydrogen-bond acceptors (Lipinski definition) is 3. The Balaban J connectivity index is 2.56. The Morgan fingerprint density at radius 2 is 2.36 bits per heavy atom. The maximum absolute atomic E-state index is 11.3. The van der Waals surface area contributed by atoms with Crippen molar-refractivity contribution >= 4 is 5.91 Å². The molecule has 1 rings (SSSR count). The zero-order valence-corrected chi connectivity index (χ0v) is 8.36. The van der Waals surface area contributed by atoms with Crippen LogP contribution in [0.3, 0.4) is 0 Å². The van der Waals surface area contributed by atoms with E-state index in [0.29, 0.717) is 6.54 Å². The second-order valence-electron chi connectivity index (χ2n) is 3.03. The zero-order valence-electron chi connectivity index (χ0n) is 8.36. The van der Waals surface area contributed by atoms with E-state index in [4.69, 9.17) is 0 Å². The lowest BCUT2D eigenvalue weighted by Crippen LogP contribution is -2.33. The Hall–Kier alpha value is -1.59. The van der Waals surface area contributed by atoms with Crippen molar-refractivity contribution < 1.29 is 4.79 Å². The molecule has 0 aliphatic rings. The minimum atomic E-state index is -0.281. The van der Waals surface area contributed by atoms with Gasteiger partial charge in [0.15, 0.2) is 0 Å². The lowest BCUT2D eigenvalue weighted by atomic mass is 10.4. The summed E-state index contributed by atoms with van der Waals surface area (Å²) >= 11 is 0. The first-order valence-corrected chi connectivity index (χ1v) is 4.50. The Labute approximate surface area is 81.5 Å². The SMILES string of the molecule is CCCNC(=O)Cn1ncn(C)c1=O. The van der Waals surface area contributed by atoms with Crippen LogP contribution in [0.5, 0.6) is 0 Å². The number of hydrogen-bond donors (Lipinski definition) is 1. The minimum absolute atomic E-state index is 0.0142. The summed E-state index contributed by atoms with van der Waals surface area (Å²) in [5.74, 6) is -0.187. The van der Waals surface area contributed by atoms with Gasteiger partial charge in [-0.1, -0.05) is 6.92 Å². The summed E-state index contributed by atoms with van der Waals surface area (Å²) in [7, 11) is 1.59. The van der Waals surface area contributed by atoms with Crippen LogP contribution < -0.4 is 11.0 Å². The molecule has 0 spiro atoms. The Kier molecular flexibility index (Phi) is 3.44. The summed E-state index contributed by atoms with van der Waals surface area (Å²) in [6, 6.07) is 0. The number of aryl methyl sites for hydroxylation is 1. The van der Waals surface area contributed by atoms with Crippen molar-refractivity contribution in [2.45, 2.75) is 19.9 Å². The lowest BCUT2D eigenvalue weighted by Gasteiger charge is -2.01. The van der Waals surface area contributed by atoms with Gasteiger partial charge >= 0.3 is 5.69 Å². The van der Waals surface area contributed by atoms with E-state index < -0.39 is 0 Å². The average molecular weight is 198 g/mol. The largest absolute Gasteiger partial charge is 0.355 e. The highest BCUT2D eigenvalue weighted by Gasteiger charge is 2.06. The maximum atomic E-state index is 11.3. The van der Waals surface area contributed by atoms with Gasteiger partial charge < -0.3 is 5.32 Å². The minimum Gasteiger partial charge on any atom is -0.355 e. The second-order valence-corrected chi connectivity index (χ2v) is 3.03. The van der Waals surface area contributed by atoms with Gasteiger partial charge in [0.2, 0.25) is 5.91 Å². The van der Waals surface area contributed by atoms with Gasteiger partial charge in [-0.15, -0.1) is 0 Å². The van der Waals surface area contributed by atoms with Gasteiger partial charge in [0.25, 0.3) is 0 Å². The van der Waals surface area contributed by atoms with E-state index in [1.807, 2.05) is 6.92 Å². The van der Waals surface area contributed by atoms with Crippen LogP contribution in [0.25, 0.3) is 0 Å². The van der Waals surface area contributed by atoms with E-state index in [1.54, 1.807) is 7.05 Å². The van der Waals surface area contributed by atoms with Crippen molar-refractivity contribution in [2.24, 2.45) is 7.05 Å². The van der Waals surface area contributed by atoms with Crippen molar-refractivity contribution in [1.82, 2.24) is 19.7 Å². The summed E-state index contributed by atoms with van der Waals surface area (Å²) in [6.45, 7) is 2.58.